The number of sulfonamides is 1. The summed E-state index contributed by atoms with van der Waals surface area (Å²) in [7, 11) is -2.18. The number of nitrogens with zero attached hydrogens (tertiary/aromatic N) is 2. The normalized spacial score (nSPS) is 13.5. The molecule has 2 aromatic rings. The Morgan fingerprint density at radius 3 is 2.85 bits per heavy atom. The summed E-state index contributed by atoms with van der Waals surface area (Å²) in [5, 5.41) is 9.35. The standard InChI is InChI=1S/C13H16N4O2S/c1-9(6-14)8-17(2)20(18,19)13-7-16-12-4-3-10(15)5-11(12)13/h3-5,7,9,16H,8,15H2,1-2H3. The number of H-pyrrole nitrogens is 1. The lowest BCUT2D eigenvalue weighted by Crippen LogP contribution is -2.30. The summed E-state index contributed by atoms with van der Waals surface area (Å²) in [6.07, 6.45) is 1.45. The number of nitrogen functional groups attached to an aromatic ring is 1. The van der Waals surface area contributed by atoms with E-state index in [2.05, 4.69) is 4.98 Å². The van der Waals surface area contributed by atoms with Crippen molar-refractivity contribution >= 4 is 26.6 Å². The van der Waals surface area contributed by atoms with Gasteiger partial charge in [-0.1, -0.05) is 0 Å². The van der Waals surface area contributed by atoms with Crippen LogP contribution in [0.4, 0.5) is 5.69 Å². The van der Waals surface area contributed by atoms with E-state index in [1.165, 1.54) is 17.5 Å². The van der Waals surface area contributed by atoms with E-state index in [4.69, 9.17) is 11.0 Å². The van der Waals surface area contributed by atoms with Gasteiger partial charge in [-0.3, -0.25) is 0 Å². The molecule has 0 fully saturated rings. The number of fused-ring (bicyclic) bond motifs is 1. The Morgan fingerprint density at radius 2 is 2.20 bits per heavy atom. The molecular formula is C13H16N4O2S. The lowest BCUT2D eigenvalue weighted by atomic mass is 10.2. The first-order valence-corrected chi connectivity index (χ1v) is 7.53. The van der Waals surface area contributed by atoms with Gasteiger partial charge in [0.05, 0.1) is 12.0 Å². The maximum Gasteiger partial charge on any atom is 0.244 e. The predicted molar refractivity (Wildman–Crippen MR) is 77.3 cm³/mol. The largest absolute Gasteiger partial charge is 0.399 e. The first-order chi connectivity index (χ1) is 9.36. The minimum absolute atomic E-state index is 0.147. The van der Waals surface area contributed by atoms with E-state index in [1.54, 1.807) is 25.1 Å². The summed E-state index contributed by atoms with van der Waals surface area (Å²) in [5.41, 5.74) is 6.92. The average Bonchev–Trinajstić information content (AvgIpc) is 2.81. The van der Waals surface area contributed by atoms with Gasteiger partial charge >= 0.3 is 0 Å². The minimum atomic E-state index is -3.65. The van der Waals surface area contributed by atoms with Crippen LogP contribution >= 0.6 is 0 Å². The van der Waals surface area contributed by atoms with Crippen molar-refractivity contribution in [2.45, 2.75) is 11.8 Å². The maximum atomic E-state index is 12.5. The quantitative estimate of drug-likeness (QED) is 0.834. The molecule has 1 unspecified atom stereocenters. The smallest absolute Gasteiger partial charge is 0.244 e. The van der Waals surface area contributed by atoms with Gasteiger partial charge in [0.15, 0.2) is 0 Å². The number of benzene rings is 1. The molecule has 6 nitrogen and oxygen atoms in total. The van der Waals surface area contributed by atoms with E-state index in [-0.39, 0.29) is 17.4 Å². The van der Waals surface area contributed by atoms with Crippen molar-refractivity contribution in [1.29, 1.82) is 5.26 Å². The Labute approximate surface area is 117 Å². The van der Waals surface area contributed by atoms with Crippen LogP contribution in [0.3, 0.4) is 0 Å². The number of rotatable bonds is 4. The molecule has 0 spiro atoms. The van der Waals surface area contributed by atoms with Gasteiger partial charge < -0.3 is 10.7 Å². The van der Waals surface area contributed by atoms with Gasteiger partial charge in [0.25, 0.3) is 0 Å². The van der Waals surface area contributed by atoms with Crippen molar-refractivity contribution in [1.82, 2.24) is 9.29 Å². The van der Waals surface area contributed by atoms with Crippen molar-refractivity contribution in [3.05, 3.63) is 24.4 Å². The van der Waals surface area contributed by atoms with Crippen LogP contribution in [0.15, 0.2) is 29.3 Å². The second-order valence-corrected chi connectivity index (χ2v) is 6.79. The highest BCUT2D eigenvalue weighted by atomic mass is 32.2. The summed E-state index contributed by atoms with van der Waals surface area (Å²) in [4.78, 5) is 3.09. The zero-order chi connectivity index (χ0) is 14.9. The first kappa shape index (κ1) is 14.4. The minimum Gasteiger partial charge on any atom is -0.399 e. The second-order valence-electron chi connectivity index (χ2n) is 4.77. The highest BCUT2D eigenvalue weighted by Gasteiger charge is 2.25. The van der Waals surface area contributed by atoms with Crippen molar-refractivity contribution in [3.8, 4) is 6.07 Å². The number of anilines is 1. The van der Waals surface area contributed by atoms with Gasteiger partial charge in [0.2, 0.25) is 10.0 Å². The number of nitrogens with two attached hydrogens (primary N) is 1. The molecule has 20 heavy (non-hydrogen) atoms. The first-order valence-electron chi connectivity index (χ1n) is 6.09. The molecule has 0 aliphatic heterocycles. The number of nitriles is 1. The lowest BCUT2D eigenvalue weighted by Gasteiger charge is -2.17. The summed E-state index contributed by atoms with van der Waals surface area (Å²) < 4.78 is 26.2. The van der Waals surface area contributed by atoms with Crippen LogP contribution in [0.25, 0.3) is 10.9 Å². The SMILES string of the molecule is CC(C#N)CN(C)S(=O)(=O)c1c[nH]c2ccc(N)cc12. The average molecular weight is 292 g/mol. The van der Waals surface area contributed by atoms with E-state index in [9.17, 15) is 8.42 Å². The predicted octanol–water partition coefficient (Wildman–Crippen LogP) is 1.53. The third kappa shape index (κ3) is 2.48. The van der Waals surface area contributed by atoms with E-state index in [0.717, 1.165) is 0 Å². The Balaban J connectivity index is 2.47. The lowest BCUT2D eigenvalue weighted by molar-refractivity contribution is 0.439. The maximum absolute atomic E-state index is 12.5. The zero-order valence-electron chi connectivity index (χ0n) is 11.3. The molecule has 0 aliphatic rings. The Hall–Kier alpha value is -2.04. The molecule has 0 bridgehead atoms. The fourth-order valence-corrected chi connectivity index (χ4v) is 3.43. The van der Waals surface area contributed by atoms with E-state index < -0.39 is 10.0 Å². The molecule has 1 atom stereocenters. The van der Waals surface area contributed by atoms with Crippen molar-refractivity contribution in [2.24, 2.45) is 5.92 Å². The molecule has 1 aromatic heterocycles. The molecular weight excluding hydrogens is 276 g/mol. The van der Waals surface area contributed by atoms with Gasteiger partial charge in [-0.15, -0.1) is 0 Å². The zero-order valence-corrected chi connectivity index (χ0v) is 12.1. The topological polar surface area (TPSA) is 103 Å². The summed E-state index contributed by atoms with van der Waals surface area (Å²) >= 11 is 0. The molecule has 0 saturated carbocycles. The molecule has 106 valence electrons. The molecule has 0 radical (unpaired) electrons. The van der Waals surface area contributed by atoms with Gasteiger partial charge in [-0.2, -0.15) is 9.57 Å². The van der Waals surface area contributed by atoms with Gasteiger partial charge in [0.1, 0.15) is 4.90 Å². The fourth-order valence-electron chi connectivity index (χ4n) is 2.02. The van der Waals surface area contributed by atoms with Gasteiger partial charge in [0, 0.05) is 36.4 Å². The summed E-state index contributed by atoms with van der Waals surface area (Å²) in [6, 6.07) is 7.09. The fraction of sp³-hybridized carbons (Fsp3) is 0.308. The van der Waals surface area contributed by atoms with Gasteiger partial charge in [-0.25, -0.2) is 8.42 Å². The van der Waals surface area contributed by atoms with E-state index in [1.807, 2.05) is 6.07 Å². The Kier molecular flexibility index (Phi) is 3.70. The molecule has 1 aromatic carbocycles. The highest BCUT2D eigenvalue weighted by Crippen LogP contribution is 2.27. The van der Waals surface area contributed by atoms with E-state index in [0.29, 0.717) is 16.6 Å². The van der Waals surface area contributed by atoms with Crippen LogP contribution in [0.5, 0.6) is 0 Å². The molecule has 0 amide bonds. The molecule has 0 saturated heterocycles. The third-order valence-electron chi connectivity index (χ3n) is 3.11. The van der Waals surface area contributed by atoms with Gasteiger partial charge in [-0.05, 0) is 25.1 Å². The van der Waals surface area contributed by atoms with Crippen molar-refractivity contribution in [2.75, 3.05) is 19.3 Å². The van der Waals surface area contributed by atoms with Crippen molar-refractivity contribution in [3.63, 3.8) is 0 Å². The molecule has 7 heteroatoms. The Bertz CT molecular complexity index is 773. The number of aromatic amines is 1. The number of hydrogen-bond acceptors (Lipinski definition) is 4. The molecule has 2 rings (SSSR count). The second kappa shape index (κ2) is 5.15. The van der Waals surface area contributed by atoms with E-state index >= 15 is 0 Å². The number of aromatic nitrogens is 1. The molecule has 0 aliphatic carbocycles. The van der Waals surface area contributed by atoms with Crippen LogP contribution in [0, 0.1) is 17.2 Å². The van der Waals surface area contributed by atoms with Crippen LogP contribution < -0.4 is 5.73 Å². The monoisotopic (exact) mass is 292 g/mol. The van der Waals surface area contributed by atoms with Crippen LogP contribution in [0.1, 0.15) is 6.92 Å². The number of hydrogen-bond donors (Lipinski definition) is 2. The molecule has 3 N–H and O–H groups in total. The molecule has 1 heterocycles. The number of nitrogens with one attached hydrogen (secondary N) is 1. The van der Waals surface area contributed by atoms with Crippen LogP contribution in [-0.4, -0.2) is 31.3 Å². The Morgan fingerprint density at radius 1 is 1.50 bits per heavy atom. The highest BCUT2D eigenvalue weighted by molar-refractivity contribution is 7.89. The summed E-state index contributed by atoms with van der Waals surface area (Å²) in [6.45, 7) is 1.83. The van der Waals surface area contributed by atoms with Crippen molar-refractivity contribution < 1.29 is 8.42 Å². The third-order valence-corrected chi connectivity index (χ3v) is 4.97. The summed E-state index contributed by atoms with van der Waals surface area (Å²) in [5.74, 6) is -0.370. The van der Waals surface area contributed by atoms with Crippen LogP contribution in [-0.2, 0) is 10.0 Å². The van der Waals surface area contributed by atoms with Crippen LogP contribution in [0.2, 0.25) is 0 Å².